The van der Waals surface area contributed by atoms with Crippen LogP contribution in [-0.2, 0) is 16.1 Å². The smallest absolute Gasteiger partial charge is 0.296 e. The van der Waals surface area contributed by atoms with Crippen LogP contribution < -0.4 is 0 Å². The van der Waals surface area contributed by atoms with E-state index in [0.29, 0.717) is 11.3 Å². The van der Waals surface area contributed by atoms with Gasteiger partial charge in [-0.05, 0) is 29.8 Å². The number of hydrogen-bond donors (Lipinski definition) is 2. The number of rotatable bonds is 5. The molecule has 1 aliphatic heterocycles. The van der Waals surface area contributed by atoms with Crippen molar-refractivity contribution in [2.24, 2.45) is 0 Å². The Morgan fingerprint density at radius 2 is 1.84 bits per heavy atom. The van der Waals surface area contributed by atoms with Crippen LogP contribution in [-0.4, -0.2) is 31.7 Å². The first-order valence-corrected chi connectivity index (χ1v) is 9.21. The van der Waals surface area contributed by atoms with Gasteiger partial charge in [-0.15, -0.1) is 0 Å². The number of nitro groups is 1. The monoisotopic (exact) mass is 420 g/mol. The molecule has 1 saturated heterocycles. The summed E-state index contributed by atoms with van der Waals surface area (Å²) in [5.41, 5.74) is 0.0299. The number of nitro benzene ring substituents is 1. The second kappa shape index (κ2) is 7.79. The fourth-order valence-corrected chi connectivity index (χ4v) is 3.54. The lowest BCUT2D eigenvalue weighted by molar-refractivity contribution is -0.384. The quantitative estimate of drug-likeness (QED) is 0.212. The molecule has 1 atom stereocenters. The zero-order valence-corrected chi connectivity index (χ0v) is 16.0. The van der Waals surface area contributed by atoms with Crippen LogP contribution in [0.5, 0.6) is 5.75 Å². The normalized spacial score (nSPS) is 17.8. The molecule has 0 spiro atoms. The number of aliphatic hydroxyl groups excluding tert-OH is 1. The predicted octanol–water partition coefficient (Wildman–Crippen LogP) is 3.52. The minimum Gasteiger partial charge on any atom is -0.508 e. The summed E-state index contributed by atoms with van der Waals surface area (Å²) in [6, 6.07) is 13.3. The molecule has 1 fully saturated rings. The largest absolute Gasteiger partial charge is 0.508 e. The first-order valence-electron chi connectivity index (χ1n) is 9.21. The summed E-state index contributed by atoms with van der Waals surface area (Å²) in [4.78, 5) is 37.5. The Balaban J connectivity index is 1.87. The molecule has 9 nitrogen and oxygen atoms in total. The minimum atomic E-state index is -0.982. The summed E-state index contributed by atoms with van der Waals surface area (Å²) in [5, 5.41) is 31.7. The van der Waals surface area contributed by atoms with Crippen molar-refractivity contribution in [1.82, 2.24) is 4.90 Å². The van der Waals surface area contributed by atoms with Crippen LogP contribution in [0.4, 0.5) is 5.69 Å². The average Bonchev–Trinajstić information content (AvgIpc) is 3.36. The lowest BCUT2D eigenvalue weighted by Gasteiger charge is -2.24. The van der Waals surface area contributed by atoms with Gasteiger partial charge in [0, 0.05) is 17.7 Å². The maximum Gasteiger partial charge on any atom is 0.296 e. The second-order valence-corrected chi connectivity index (χ2v) is 6.91. The van der Waals surface area contributed by atoms with Gasteiger partial charge in [-0.1, -0.05) is 24.3 Å². The second-order valence-electron chi connectivity index (χ2n) is 6.91. The maximum absolute atomic E-state index is 12.9. The van der Waals surface area contributed by atoms with Crippen molar-refractivity contribution < 1.29 is 29.1 Å². The molecule has 0 radical (unpaired) electrons. The van der Waals surface area contributed by atoms with E-state index in [1.165, 1.54) is 53.6 Å². The Hall–Kier alpha value is -4.40. The molecule has 1 amide bonds. The lowest BCUT2D eigenvalue weighted by Crippen LogP contribution is -2.29. The Labute approximate surface area is 175 Å². The van der Waals surface area contributed by atoms with Gasteiger partial charge in [0.15, 0.2) is 0 Å². The number of carbonyl (C=O) groups is 2. The molecule has 0 saturated carbocycles. The van der Waals surface area contributed by atoms with Crippen molar-refractivity contribution in [3.63, 3.8) is 0 Å². The number of aromatic hydroxyl groups is 1. The van der Waals surface area contributed by atoms with Crippen LogP contribution >= 0.6 is 0 Å². The summed E-state index contributed by atoms with van der Waals surface area (Å²) in [6.07, 6.45) is 1.44. The molecule has 1 unspecified atom stereocenters. The number of nitrogens with zero attached hydrogens (tertiary/aromatic N) is 2. The summed E-state index contributed by atoms with van der Waals surface area (Å²) < 4.78 is 5.31. The highest BCUT2D eigenvalue weighted by atomic mass is 16.6. The standard InChI is InChI=1S/C22H16N2O7/c25-16-8-6-13(7-9-16)19-18(20(26)14-3-1-4-15(11-14)24(29)30)21(27)22(28)23(19)12-17-5-2-10-31-17/h1-11,19,25-26H,12H2. The van der Waals surface area contributed by atoms with E-state index in [1.807, 2.05) is 0 Å². The zero-order chi connectivity index (χ0) is 22.1. The van der Waals surface area contributed by atoms with Gasteiger partial charge >= 0.3 is 0 Å². The average molecular weight is 420 g/mol. The Kier molecular flexibility index (Phi) is 5.00. The molecule has 3 aromatic rings. The van der Waals surface area contributed by atoms with E-state index in [1.54, 1.807) is 12.1 Å². The van der Waals surface area contributed by atoms with Crippen molar-refractivity contribution in [3.05, 3.63) is 99.5 Å². The van der Waals surface area contributed by atoms with E-state index in [2.05, 4.69) is 0 Å². The molecule has 2 heterocycles. The SMILES string of the molecule is O=C1C(=O)N(Cc2ccco2)C(c2ccc(O)cc2)C1=C(O)c1cccc([N+](=O)[O-])c1. The third-order valence-electron chi connectivity index (χ3n) is 4.99. The van der Waals surface area contributed by atoms with Crippen molar-refractivity contribution in [2.75, 3.05) is 0 Å². The van der Waals surface area contributed by atoms with Crippen LogP contribution in [0.15, 0.2) is 76.9 Å². The van der Waals surface area contributed by atoms with Gasteiger partial charge in [0.1, 0.15) is 17.3 Å². The first kappa shape index (κ1) is 19.9. The predicted molar refractivity (Wildman–Crippen MR) is 108 cm³/mol. The van der Waals surface area contributed by atoms with Gasteiger partial charge < -0.3 is 19.5 Å². The van der Waals surface area contributed by atoms with Crippen LogP contribution in [0.1, 0.15) is 22.9 Å². The summed E-state index contributed by atoms with van der Waals surface area (Å²) in [6.45, 7) is -0.0329. The number of phenols is 1. The van der Waals surface area contributed by atoms with Gasteiger partial charge in [0.2, 0.25) is 0 Å². The van der Waals surface area contributed by atoms with E-state index >= 15 is 0 Å². The van der Waals surface area contributed by atoms with Crippen LogP contribution in [0.2, 0.25) is 0 Å². The van der Waals surface area contributed by atoms with E-state index in [0.717, 1.165) is 6.07 Å². The molecular weight excluding hydrogens is 404 g/mol. The van der Waals surface area contributed by atoms with E-state index in [-0.39, 0.29) is 29.1 Å². The van der Waals surface area contributed by atoms with E-state index in [4.69, 9.17) is 4.42 Å². The summed E-state index contributed by atoms with van der Waals surface area (Å²) in [7, 11) is 0. The van der Waals surface area contributed by atoms with Crippen LogP contribution in [0.3, 0.4) is 0 Å². The molecule has 1 aromatic heterocycles. The highest BCUT2D eigenvalue weighted by molar-refractivity contribution is 6.46. The number of likely N-dealkylation sites (tertiary alicyclic amines) is 1. The van der Waals surface area contributed by atoms with Crippen LogP contribution in [0.25, 0.3) is 5.76 Å². The summed E-state index contributed by atoms with van der Waals surface area (Å²) >= 11 is 0. The number of ketones is 1. The third kappa shape index (κ3) is 3.64. The third-order valence-corrected chi connectivity index (χ3v) is 4.99. The number of aliphatic hydroxyl groups is 1. The van der Waals surface area contributed by atoms with E-state index < -0.39 is 28.4 Å². The molecule has 2 N–H and O–H groups in total. The van der Waals surface area contributed by atoms with Crippen LogP contribution in [0, 0.1) is 10.1 Å². The van der Waals surface area contributed by atoms with Gasteiger partial charge in [0.05, 0.1) is 29.3 Å². The van der Waals surface area contributed by atoms with Gasteiger partial charge in [0.25, 0.3) is 17.4 Å². The zero-order valence-electron chi connectivity index (χ0n) is 16.0. The Bertz CT molecular complexity index is 1200. The molecule has 31 heavy (non-hydrogen) atoms. The highest BCUT2D eigenvalue weighted by Gasteiger charge is 2.46. The number of amides is 1. The van der Waals surface area contributed by atoms with Gasteiger partial charge in [-0.3, -0.25) is 19.7 Å². The van der Waals surface area contributed by atoms with Crippen molar-refractivity contribution in [1.29, 1.82) is 0 Å². The van der Waals surface area contributed by atoms with Gasteiger partial charge in [-0.2, -0.15) is 0 Å². The number of non-ortho nitro benzene ring substituents is 1. The lowest BCUT2D eigenvalue weighted by atomic mass is 9.95. The van der Waals surface area contributed by atoms with Crippen molar-refractivity contribution >= 4 is 23.1 Å². The van der Waals surface area contributed by atoms with E-state index in [9.17, 15) is 29.9 Å². The first-order chi connectivity index (χ1) is 14.9. The molecule has 4 rings (SSSR count). The number of benzene rings is 2. The van der Waals surface area contributed by atoms with Crippen molar-refractivity contribution in [2.45, 2.75) is 12.6 Å². The maximum atomic E-state index is 12.9. The molecule has 156 valence electrons. The fraction of sp³-hybridized carbons (Fsp3) is 0.0909. The number of furan rings is 1. The van der Waals surface area contributed by atoms with Crippen molar-refractivity contribution in [3.8, 4) is 5.75 Å². The Morgan fingerprint density at radius 1 is 1.10 bits per heavy atom. The molecule has 2 aromatic carbocycles. The number of Topliss-reactive ketones (excluding diaryl/α,β-unsaturated/α-hetero) is 1. The number of hydrogen-bond acceptors (Lipinski definition) is 7. The topological polar surface area (TPSA) is 134 Å². The molecule has 1 aliphatic rings. The van der Waals surface area contributed by atoms with Gasteiger partial charge in [-0.25, -0.2) is 0 Å². The number of phenolic OH excluding ortho intramolecular Hbond substituents is 1. The fourth-order valence-electron chi connectivity index (χ4n) is 3.54. The highest BCUT2D eigenvalue weighted by Crippen LogP contribution is 2.40. The number of carbonyl (C=O) groups excluding carboxylic acids is 2. The Morgan fingerprint density at radius 3 is 2.48 bits per heavy atom. The molecule has 0 bridgehead atoms. The molecular formula is C22H16N2O7. The molecule has 9 heteroatoms. The minimum absolute atomic E-state index is 0.00887. The molecule has 0 aliphatic carbocycles. The summed E-state index contributed by atoms with van der Waals surface area (Å²) in [5.74, 6) is -1.87.